The number of ether oxygens (including phenoxy) is 1. The Morgan fingerprint density at radius 2 is 1.97 bits per heavy atom. The van der Waals surface area contributed by atoms with Crippen LogP contribution in [0.4, 0.5) is 4.39 Å². The van der Waals surface area contributed by atoms with Crippen molar-refractivity contribution in [3.05, 3.63) is 47.5 Å². The number of fused-ring (bicyclic) bond motifs is 1. The summed E-state index contributed by atoms with van der Waals surface area (Å²) in [5, 5.41) is 3.16. The fourth-order valence-electron chi connectivity index (χ4n) is 4.56. The molecule has 5 rings (SSSR count). The molecule has 168 valence electrons. The molecule has 32 heavy (non-hydrogen) atoms. The standard InChI is InChI=1S/C25H29FN4O2/c1-14-22(25(31)30-18-7-5-17(27)6-8-18)24-23(29-14)20(10-11-28-24)19-9-4-16(26)12-21(19)32-13-15-2-3-15/h4,9-12,15,17-18,29H,2-3,5-8,13,27H2,1H3,(H,30,31)/t17-,18+. The van der Waals surface area contributed by atoms with Crippen LogP contribution in [0.2, 0.25) is 0 Å². The van der Waals surface area contributed by atoms with Crippen LogP contribution < -0.4 is 15.8 Å². The van der Waals surface area contributed by atoms with E-state index in [1.165, 1.54) is 12.1 Å². The minimum atomic E-state index is -0.334. The molecule has 3 aromatic rings. The van der Waals surface area contributed by atoms with Gasteiger partial charge in [0.1, 0.15) is 17.1 Å². The third-order valence-electron chi connectivity index (χ3n) is 6.61. The molecule has 0 bridgehead atoms. The number of pyridine rings is 1. The number of nitrogens with two attached hydrogens (primary N) is 1. The first-order valence-electron chi connectivity index (χ1n) is 11.5. The van der Waals surface area contributed by atoms with E-state index in [-0.39, 0.29) is 23.8 Å². The summed E-state index contributed by atoms with van der Waals surface area (Å²) >= 11 is 0. The van der Waals surface area contributed by atoms with Crippen molar-refractivity contribution in [1.82, 2.24) is 15.3 Å². The van der Waals surface area contributed by atoms with Crippen LogP contribution in [-0.4, -0.2) is 34.6 Å². The number of H-pyrrole nitrogens is 1. The molecule has 0 spiro atoms. The van der Waals surface area contributed by atoms with Gasteiger partial charge >= 0.3 is 0 Å². The summed E-state index contributed by atoms with van der Waals surface area (Å²) in [6, 6.07) is 6.83. The van der Waals surface area contributed by atoms with E-state index in [1.54, 1.807) is 12.3 Å². The molecule has 2 saturated carbocycles. The van der Waals surface area contributed by atoms with Crippen molar-refractivity contribution in [1.29, 1.82) is 0 Å². The van der Waals surface area contributed by atoms with Gasteiger partial charge in [-0.25, -0.2) is 4.39 Å². The number of aryl methyl sites for hydroxylation is 1. The molecule has 0 atom stereocenters. The van der Waals surface area contributed by atoms with Gasteiger partial charge in [0.05, 0.1) is 17.7 Å². The smallest absolute Gasteiger partial charge is 0.255 e. The molecule has 2 aliphatic rings. The van der Waals surface area contributed by atoms with Crippen LogP contribution in [0.15, 0.2) is 30.5 Å². The summed E-state index contributed by atoms with van der Waals surface area (Å²) in [7, 11) is 0. The maximum atomic E-state index is 14.0. The molecular formula is C25H29FN4O2. The average Bonchev–Trinajstić information content (AvgIpc) is 3.54. The summed E-state index contributed by atoms with van der Waals surface area (Å²) in [6.45, 7) is 2.47. The highest BCUT2D eigenvalue weighted by molar-refractivity contribution is 6.09. The summed E-state index contributed by atoms with van der Waals surface area (Å²) in [5.74, 6) is 0.616. The van der Waals surface area contributed by atoms with Gasteiger partial charge in [-0.05, 0) is 69.6 Å². The molecule has 2 heterocycles. The summed E-state index contributed by atoms with van der Waals surface area (Å²) in [5.41, 5.74) is 10.3. The van der Waals surface area contributed by atoms with Gasteiger partial charge in [-0.2, -0.15) is 0 Å². The number of aromatic nitrogens is 2. The van der Waals surface area contributed by atoms with E-state index in [0.29, 0.717) is 29.4 Å². The molecule has 0 unspecified atom stereocenters. The lowest BCUT2D eigenvalue weighted by atomic mass is 9.91. The second-order valence-corrected chi connectivity index (χ2v) is 9.19. The quantitative estimate of drug-likeness (QED) is 0.532. The zero-order chi connectivity index (χ0) is 22.2. The number of carbonyl (C=O) groups is 1. The highest BCUT2D eigenvalue weighted by atomic mass is 19.1. The normalized spacial score (nSPS) is 21.0. The van der Waals surface area contributed by atoms with Gasteiger partial charge in [0, 0.05) is 41.2 Å². The highest BCUT2D eigenvalue weighted by Crippen LogP contribution is 2.38. The molecule has 7 heteroatoms. The average molecular weight is 437 g/mol. The molecule has 2 fully saturated rings. The SMILES string of the molecule is Cc1[nH]c2c(-c3ccc(F)cc3OCC3CC3)ccnc2c1C(=O)N[C@H]1CC[C@@H](N)CC1. The van der Waals surface area contributed by atoms with E-state index in [0.717, 1.165) is 60.9 Å². The van der Waals surface area contributed by atoms with Gasteiger partial charge in [-0.3, -0.25) is 9.78 Å². The van der Waals surface area contributed by atoms with Crippen LogP contribution in [0.1, 0.15) is 54.6 Å². The molecule has 1 aromatic carbocycles. The minimum absolute atomic E-state index is 0.122. The highest BCUT2D eigenvalue weighted by Gasteiger charge is 2.26. The van der Waals surface area contributed by atoms with Crippen molar-refractivity contribution in [3.63, 3.8) is 0 Å². The monoisotopic (exact) mass is 436 g/mol. The predicted molar refractivity (Wildman–Crippen MR) is 122 cm³/mol. The van der Waals surface area contributed by atoms with Crippen LogP contribution >= 0.6 is 0 Å². The number of amides is 1. The number of carbonyl (C=O) groups excluding carboxylic acids is 1. The van der Waals surface area contributed by atoms with E-state index >= 15 is 0 Å². The van der Waals surface area contributed by atoms with Crippen LogP contribution in [0.25, 0.3) is 22.2 Å². The lowest BCUT2D eigenvalue weighted by Gasteiger charge is -2.26. The van der Waals surface area contributed by atoms with Crippen LogP contribution in [0.3, 0.4) is 0 Å². The minimum Gasteiger partial charge on any atom is -0.493 e. The van der Waals surface area contributed by atoms with Gasteiger partial charge in [0.25, 0.3) is 5.91 Å². The van der Waals surface area contributed by atoms with Gasteiger partial charge in [0.15, 0.2) is 0 Å². The lowest BCUT2D eigenvalue weighted by Crippen LogP contribution is -2.40. The van der Waals surface area contributed by atoms with Crippen molar-refractivity contribution in [2.75, 3.05) is 6.61 Å². The van der Waals surface area contributed by atoms with Crippen molar-refractivity contribution in [3.8, 4) is 16.9 Å². The Labute approximate surface area is 186 Å². The summed E-state index contributed by atoms with van der Waals surface area (Å²) in [4.78, 5) is 21.0. The molecular weight excluding hydrogens is 407 g/mol. The van der Waals surface area contributed by atoms with Gasteiger partial charge in [-0.15, -0.1) is 0 Å². The molecule has 0 aliphatic heterocycles. The van der Waals surface area contributed by atoms with E-state index in [9.17, 15) is 9.18 Å². The summed E-state index contributed by atoms with van der Waals surface area (Å²) < 4.78 is 20.0. The first-order chi connectivity index (χ1) is 15.5. The molecule has 0 saturated heterocycles. The lowest BCUT2D eigenvalue weighted by molar-refractivity contribution is 0.0927. The third kappa shape index (κ3) is 4.21. The van der Waals surface area contributed by atoms with Crippen molar-refractivity contribution in [2.45, 2.75) is 57.5 Å². The Morgan fingerprint density at radius 1 is 1.19 bits per heavy atom. The van der Waals surface area contributed by atoms with Crippen molar-refractivity contribution >= 4 is 16.9 Å². The number of halogens is 1. The zero-order valence-electron chi connectivity index (χ0n) is 18.3. The van der Waals surface area contributed by atoms with Crippen LogP contribution in [0.5, 0.6) is 5.75 Å². The number of nitrogens with one attached hydrogen (secondary N) is 2. The number of hydrogen-bond donors (Lipinski definition) is 3. The molecule has 2 aliphatic carbocycles. The number of rotatable bonds is 6. The molecule has 1 amide bonds. The predicted octanol–water partition coefficient (Wildman–Crippen LogP) is 4.47. The Bertz CT molecular complexity index is 1150. The topological polar surface area (TPSA) is 93.0 Å². The van der Waals surface area contributed by atoms with E-state index in [2.05, 4.69) is 15.3 Å². The van der Waals surface area contributed by atoms with Gasteiger partial charge in [0.2, 0.25) is 0 Å². The van der Waals surface area contributed by atoms with E-state index in [1.807, 2.05) is 13.0 Å². The fourth-order valence-corrected chi connectivity index (χ4v) is 4.56. The largest absolute Gasteiger partial charge is 0.493 e. The Kier molecular flexibility index (Phi) is 5.59. The van der Waals surface area contributed by atoms with Gasteiger partial charge < -0.3 is 20.8 Å². The van der Waals surface area contributed by atoms with E-state index in [4.69, 9.17) is 10.5 Å². The first kappa shape index (κ1) is 20.9. The van der Waals surface area contributed by atoms with E-state index < -0.39 is 0 Å². The number of aromatic amines is 1. The Hall–Kier alpha value is -2.93. The van der Waals surface area contributed by atoms with Crippen molar-refractivity contribution in [2.24, 2.45) is 11.7 Å². The first-order valence-corrected chi connectivity index (χ1v) is 11.5. The Morgan fingerprint density at radius 3 is 2.72 bits per heavy atom. The number of benzene rings is 1. The molecule has 0 radical (unpaired) electrons. The number of hydrogen-bond acceptors (Lipinski definition) is 4. The maximum absolute atomic E-state index is 14.0. The molecule has 2 aromatic heterocycles. The molecule has 4 N–H and O–H groups in total. The molecule has 6 nitrogen and oxygen atoms in total. The fraction of sp³-hybridized carbons (Fsp3) is 0.440. The number of nitrogens with zero attached hydrogens (tertiary/aromatic N) is 1. The zero-order valence-corrected chi connectivity index (χ0v) is 18.3. The second kappa shape index (κ2) is 8.54. The van der Waals surface area contributed by atoms with Crippen LogP contribution in [0, 0.1) is 18.7 Å². The van der Waals surface area contributed by atoms with Gasteiger partial charge in [-0.1, -0.05) is 0 Å². The summed E-state index contributed by atoms with van der Waals surface area (Å²) in [6.07, 6.45) is 7.64. The van der Waals surface area contributed by atoms with Crippen molar-refractivity contribution < 1.29 is 13.9 Å². The second-order valence-electron chi connectivity index (χ2n) is 9.19. The van der Waals surface area contributed by atoms with Crippen LogP contribution in [-0.2, 0) is 0 Å². The Balaban J connectivity index is 1.48. The third-order valence-corrected chi connectivity index (χ3v) is 6.61. The maximum Gasteiger partial charge on any atom is 0.255 e.